The molecule has 2 unspecified atom stereocenters. The molecular formula is C22H34N2O2. The van der Waals surface area contributed by atoms with Gasteiger partial charge in [0, 0.05) is 0 Å². The summed E-state index contributed by atoms with van der Waals surface area (Å²) >= 11 is 0. The number of hydrogen-bond acceptors (Lipinski definition) is 3. The summed E-state index contributed by atoms with van der Waals surface area (Å²) in [7, 11) is 0. The van der Waals surface area contributed by atoms with Gasteiger partial charge in [0.25, 0.3) is 0 Å². The number of amides is 1. The third-order valence-electron chi connectivity index (χ3n) is 5.14. The van der Waals surface area contributed by atoms with E-state index in [-0.39, 0.29) is 0 Å². The molecule has 1 amide bonds. The van der Waals surface area contributed by atoms with Gasteiger partial charge in [-0.3, -0.25) is 5.32 Å². The van der Waals surface area contributed by atoms with E-state index in [2.05, 4.69) is 44.7 Å². The van der Waals surface area contributed by atoms with Crippen LogP contribution in [0.25, 0.3) is 6.08 Å². The zero-order chi connectivity index (χ0) is 19.5. The summed E-state index contributed by atoms with van der Waals surface area (Å²) in [6.45, 7) is 14.8. The quantitative estimate of drug-likeness (QED) is 0.536. The molecule has 0 aliphatic carbocycles. The number of rotatable bonds is 10. The first kappa shape index (κ1) is 21.9. The van der Waals surface area contributed by atoms with Crippen molar-refractivity contribution in [2.24, 2.45) is 22.7 Å². The summed E-state index contributed by atoms with van der Waals surface area (Å²) in [5, 5.41) is 2.67. The Hall–Kier alpha value is -2.10. The molecule has 0 saturated carbocycles. The maximum Gasteiger partial charge on any atom is 0.412 e. The van der Waals surface area contributed by atoms with Crippen LogP contribution in [-0.2, 0) is 4.74 Å². The number of nitrogens with zero attached hydrogens (tertiary/aromatic N) is 1. The molecule has 1 rings (SSSR count). The largest absolute Gasteiger partial charge is 0.449 e. The number of carbonyl (C=O) groups excluding carboxylic acids is 1. The van der Waals surface area contributed by atoms with Crippen molar-refractivity contribution in [3.05, 3.63) is 41.2 Å². The highest BCUT2D eigenvalue weighted by molar-refractivity contribution is 5.72. The summed E-state index contributed by atoms with van der Waals surface area (Å²) in [5.74, 6) is 1.99. The summed E-state index contributed by atoms with van der Waals surface area (Å²) in [5.41, 5.74) is 2.09. The van der Waals surface area contributed by atoms with Crippen molar-refractivity contribution in [3.8, 4) is 0 Å². The Labute approximate surface area is 158 Å². The van der Waals surface area contributed by atoms with Crippen LogP contribution in [0.5, 0.6) is 0 Å². The second kappa shape index (κ2) is 11.5. The highest BCUT2D eigenvalue weighted by atomic mass is 16.5. The van der Waals surface area contributed by atoms with E-state index >= 15 is 0 Å². The lowest BCUT2D eigenvalue weighted by Crippen LogP contribution is -2.26. The van der Waals surface area contributed by atoms with Gasteiger partial charge in [-0.1, -0.05) is 71.2 Å². The first-order chi connectivity index (χ1) is 12.4. The number of benzene rings is 1. The maximum atomic E-state index is 12.1. The molecule has 1 aromatic carbocycles. The van der Waals surface area contributed by atoms with E-state index in [0.717, 1.165) is 23.5 Å². The van der Waals surface area contributed by atoms with Crippen LogP contribution in [0, 0.1) is 24.7 Å². The minimum Gasteiger partial charge on any atom is -0.449 e. The van der Waals surface area contributed by atoms with E-state index in [9.17, 15) is 4.79 Å². The number of alkyl carbamates (subject to hydrolysis) is 1. The number of carbonyl (C=O) groups is 1. The second-order valence-electron chi connectivity index (χ2n) is 7.31. The lowest BCUT2D eigenvalue weighted by Gasteiger charge is -2.21. The predicted molar refractivity (Wildman–Crippen MR) is 110 cm³/mol. The van der Waals surface area contributed by atoms with Gasteiger partial charge in [-0.2, -0.15) is 0 Å². The summed E-state index contributed by atoms with van der Waals surface area (Å²) in [6.07, 6.45) is 4.90. The van der Waals surface area contributed by atoms with Gasteiger partial charge in [0.15, 0.2) is 0 Å². The van der Waals surface area contributed by atoms with Crippen LogP contribution in [0.15, 0.2) is 35.1 Å². The third kappa shape index (κ3) is 7.85. The fourth-order valence-electron chi connectivity index (χ4n) is 2.57. The molecule has 0 aliphatic heterocycles. The average Bonchev–Trinajstić information content (AvgIpc) is 2.64. The Kier molecular flexibility index (Phi) is 9.71. The molecule has 0 spiro atoms. The maximum absolute atomic E-state index is 12.1. The zero-order valence-electron chi connectivity index (χ0n) is 16.9. The predicted octanol–water partition coefficient (Wildman–Crippen LogP) is 5.82. The van der Waals surface area contributed by atoms with E-state index in [0.29, 0.717) is 24.3 Å². The Morgan fingerprint density at radius 2 is 1.92 bits per heavy atom. The second-order valence-corrected chi connectivity index (χ2v) is 7.31. The molecule has 144 valence electrons. The SMILES string of the molecule is C=N/C(=C\c1ccccc1C)NC(=O)OC[C@@H](C)C(C)CCC(C)CC. The molecule has 26 heavy (non-hydrogen) atoms. The molecule has 0 fully saturated rings. The van der Waals surface area contributed by atoms with Crippen LogP contribution in [0.1, 0.15) is 58.1 Å². The molecule has 4 nitrogen and oxygen atoms in total. The number of ether oxygens (including phenoxy) is 1. The topological polar surface area (TPSA) is 50.7 Å². The van der Waals surface area contributed by atoms with Crippen LogP contribution < -0.4 is 5.32 Å². The van der Waals surface area contributed by atoms with E-state index in [1.54, 1.807) is 6.08 Å². The Bertz CT molecular complexity index is 610. The van der Waals surface area contributed by atoms with Crippen molar-refractivity contribution >= 4 is 18.9 Å². The Morgan fingerprint density at radius 3 is 2.54 bits per heavy atom. The summed E-state index contributed by atoms with van der Waals surface area (Å²) in [6, 6.07) is 7.89. The van der Waals surface area contributed by atoms with E-state index in [1.807, 2.05) is 31.2 Å². The Balaban J connectivity index is 2.49. The zero-order valence-corrected chi connectivity index (χ0v) is 16.9. The van der Waals surface area contributed by atoms with Crippen LogP contribution in [0.4, 0.5) is 4.79 Å². The fourth-order valence-corrected chi connectivity index (χ4v) is 2.57. The summed E-state index contributed by atoms with van der Waals surface area (Å²) < 4.78 is 5.38. The number of nitrogens with one attached hydrogen (secondary N) is 1. The van der Waals surface area contributed by atoms with Gasteiger partial charge in [0.05, 0.1) is 6.61 Å². The molecule has 0 heterocycles. The van der Waals surface area contributed by atoms with E-state index in [4.69, 9.17) is 4.74 Å². The van der Waals surface area contributed by atoms with E-state index in [1.165, 1.54) is 12.8 Å². The van der Waals surface area contributed by atoms with Gasteiger partial charge >= 0.3 is 6.09 Å². The molecule has 0 aliphatic rings. The van der Waals surface area contributed by atoms with Crippen LogP contribution in [0.2, 0.25) is 0 Å². The monoisotopic (exact) mass is 358 g/mol. The normalized spacial score (nSPS) is 15.0. The van der Waals surface area contributed by atoms with Gasteiger partial charge < -0.3 is 4.74 Å². The molecule has 0 saturated heterocycles. The van der Waals surface area contributed by atoms with Gasteiger partial charge in [-0.05, 0) is 48.6 Å². The van der Waals surface area contributed by atoms with Crippen molar-refractivity contribution in [3.63, 3.8) is 0 Å². The van der Waals surface area contributed by atoms with Gasteiger partial charge in [0.1, 0.15) is 5.82 Å². The minimum atomic E-state index is -0.488. The lowest BCUT2D eigenvalue weighted by atomic mass is 9.89. The van der Waals surface area contributed by atoms with Crippen molar-refractivity contribution < 1.29 is 9.53 Å². The van der Waals surface area contributed by atoms with Crippen molar-refractivity contribution in [2.75, 3.05) is 6.61 Å². The molecule has 0 bridgehead atoms. The minimum absolute atomic E-state index is 0.324. The fraction of sp³-hybridized carbons (Fsp3) is 0.545. The smallest absolute Gasteiger partial charge is 0.412 e. The van der Waals surface area contributed by atoms with Gasteiger partial charge in [-0.25, -0.2) is 9.79 Å². The highest BCUT2D eigenvalue weighted by Crippen LogP contribution is 2.21. The molecule has 3 atom stereocenters. The molecule has 1 N–H and O–H groups in total. The number of aryl methyl sites for hydroxylation is 1. The van der Waals surface area contributed by atoms with Gasteiger partial charge in [0.2, 0.25) is 0 Å². The lowest BCUT2D eigenvalue weighted by molar-refractivity contribution is 0.117. The number of aliphatic imine (C=N–C) groups is 1. The Morgan fingerprint density at radius 1 is 1.23 bits per heavy atom. The molecule has 0 radical (unpaired) electrons. The van der Waals surface area contributed by atoms with Crippen molar-refractivity contribution in [2.45, 2.75) is 53.9 Å². The van der Waals surface area contributed by atoms with Crippen molar-refractivity contribution in [1.29, 1.82) is 0 Å². The molecule has 4 heteroatoms. The van der Waals surface area contributed by atoms with Crippen LogP contribution in [-0.4, -0.2) is 19.4 Å². The average molecular weight is 359 g/mol. The standard InChI is InChI=1S/C22H34N2O2/c1-7-16(2)12-13-17(3)19(5)15-26-22(25)24-21(23-6)14-20-11-9-8-10-18(20)4/h8-11,14,16-17,19H,6-7,12-13,15H2,1-5H3,(H,24,25)/b21-14+/t16?,17?,19-/m1/s1. The first-order valence-corrected chi connectivity index (χ1v) is 9.55. The molecular weight excluding hydrogens is 324 g/mol. The molecule has 0 aromatic heterocycles. The van der Waals surface area contributed by atoms with Crippen LogP contribution in [0.3, 0.4) is 0 Å². The van der Waals surface area contributed by atoms with Gasteiger partial charge in [-0.15, -0.1) is 0 Å². The summed E-state index contributed by atoms with van der Waals surface area (Å²) in [4.78, 5) is 15.9. The van der Waals surface area contributed by atoms with Crippen molar-refractivity contribution in [1.82, 2.24) is 5.32 Å². The first-order valence-electron chi connectivity index (χ1n) is 9.55. The van der Waals surface area contributed by atoms with E-state index < -0.39 is 6.09 Å². The highest BCUT2D eigenvalue weighted by Gasteiger charge is 2.16. The molecule has 1 aromatic rings. The third-order valence-corrected chi connectivity index (χ3v) is 5.14. The van der Waals surface area contributed by atoms with Crippen LogP contribution >= 0.6 is 0 Å². The number of hydrogen-bond donors (Lipinski definition) is 1.